The predicted octanol–water partition coefficient (Wildman–Crippen LogP) is 3.15. The van der Waals surface area contributed by atoms with E-state index in [1.165, 1.54) is 24.3 Å². The summed E-state index contributed by atoms with van der Waals surface area (Å²) in [7, 11) is -3.61. The number of ketones is 1. The number of carbonyl (C=O) groups excluding carboxylic acids is 1. The summed E-state index contributed by atoms with van der Waals surface area (Å²) in [4.78, 5) is 23.0. The molecule has 0 aliphatic carbocycles. The lowest BCUT2D eigenvalue weighted by Crippen LogP contribution is -2.26. The molecule has 2 aromatic carbocycles. The van der Waals surface area contributed by atoms with E-state index in [4.69, 9.17) is 16.7 Å². The zero-order valence-electron chi connectivity index (χ0n) is 14.7. The first-order chi connectivity index (χ1) is 12.7. The van der Waals surface area contributed by atoms with Crippen LogP contribution in [0.3, 0.4) is 0 Å². The SMILES string of the molecule is CC(CC(=O)O)C(=O)c1ccc(CCNS(=O)(=O)c2ccc(Cl)cc2)cc1. The number of rotatable bonds is 9. The number of sulfonamides is 1. The minimum atomic E-state index is -3.61. The molecule has 0 heterocycles. The van der Waals surface area contributed by atoms with Gasteiger partial charge in [0.15, 0.2) is 5.78 Å². The van der Waals surface area contributed by atoms with Crippen LogP contribution in [0.25, 0.3) is 0 Å². The zero-order chi connectivity index (χ0) is 20.0. The molecule has 8 heteroatoms. The van der Waals surface area contributed by atoms with E-state index in [1.54, 1.807) is 31.2 Å². The molecular weight excluding hydrogens is 390 g/mol. The Morgan fingerprint density at radius 2 is 1.67 bits per heavy atom. The molecule has 0 saturated carbocycles. The van der Waals surface area contributed by atoms with Crippen LogP contribution in [0.2, 0.25) is 5.02 Å². The third kappa shape index (κ3) is 6.16. The maximum Gasteiger partial charge on any atom is 0.304 e. The highest BCUT2D eigenvalue weighted by Gasteiger charge is 2.18. The van der Waals surface area contributed by atoms with E-state index in [0.717, 1.165) is 5.56 Å². The molecule has 0 saturated heterocycles. The molecule has 1 unspecified atom stereocenters. The van der Waals surface area contributed by atoms with Crippen LogP contribution in [0.1, 0.15) is 29.3 Å². The van der Waals surface area contributed by atoms with Crippen LogP contribution in [0.5, 0.6) is 0 Å². The molecule has 144 valence electrons. The largest absolute Gasteiger partial charge is 0.481 e. The van der Waals surface area contributed by atoms with Crippen molar-refractivity contribution >= 4 is 33.4 Å². The average Bonchev–Trinajstić information content (AvgIpc) is 2.61. The molecule has 0 aromatic heterocycles. The fraction of sp³-hybridized carbons (Fsp3) is 0.263. The Hall–Kier alpha value is -2.22. The third-order valence-electron chi connectivity index (χ3n) is 4.00. The lowest BCUT2D eigenvalue weighted by Gasteiger charge is -2.09. The van der Waals surface area contributed by atoms with E-state index in [2.05, 4.69) is 4.72 Å². The summed E-state index contributed by atoms with van der Waals surface area (Å²) in [5.41, 5.74) is 1.30. The van der Waals surface area contributed by atoms with Crippen molar-refractivity contribution < 1.29 is 23.1 Å². The average molecular weight is 410 g/mol. The second kappa shape index (κ2) is 9.12. The number of carboxylic acid groups (broad SMARTS) is 1. The van der Waals surface area contributed by atoms with E-state index >= 15 is 0 Å². The number of benzene rings is 2. The maximum atomic E-state index is 12.2. The van der Waals surface area contributed by atoms with E-state index < -0.39 is 21.9 Å². The van der Waals surface area contributed by atoms with Crippen molar-refractivity contribution in [1.29, 1.82) is 0 Å². The van der Waals surface area contributed by atoms with Crippen LogP contribution in [0.4, 0.5) is 0 Å². The van der Waals surface area contributed by atoms with Gasteiger partial charge in [-0.25, -0.2) is 13.1 Å². The zero-order valence-corrected chi connectivity index (χ0v) is 16.3. The highest BCUT2D eigenvalue weighted by Crippen LogP contribution is 2.15. The Labute approximate surface area is 163 Å². The molecule has 6 nitrogen and oxygen atoms in total. The third-order valence-corrected chi connectivity index (χ3v) is 5.73. The molecule has 0 radical (unpaired) electrons. The second-order valence-electron chi connectivity index (χ2n) is 6.16. The van der Waals surface area contributed by atoms with Gasteiger partial charge in [0.2, 0.25) is 10.0 Å². The fourth-order valence-electron chi connectivity index (χ4n) is 2.50. The second-order valence-corrected chi connectivity index (χ2v) is 8.37. The molecule has 0 spiro atoms. The minimum Gasteiger partial charge on any atom is -0.481 e. The summed E-state index contributed by atoms with van der Waals surface area (Å²) in [5.74, 6) is -1.84. The molecular formula is C19H20ClNO5S. The first kappa shape index (κ1) is 21.1. The lowest BCUT2D eigenvalue weighted by molar-refractivity contribution is -0.137. The van der Waals surface area contributed by atoms with E-state index in [-0.39, 0.29) is 23.6 Å². The van der Waals surface area contributed by atoms with Gasteiger partial charge in [0.05, 0.1) is 11.3 Å². The number of nitrogens with one attached hydrogen (secondary N) is 1. The van der Waals surface area contributed by atoms with Crippen molar-refractivity contribution in [3.63, 3.8) is 0 Å². The van der Waals surface area contributed by atoms with Crippen molar-refractivity contribution in [1.82, 2.24) is 4.72 Å². The smallest absolute Gasteiger partial charge is 0.304 e. The Morgan fingerprint density at radius 1 is 1.07 bits per heavy atom. The van der Waals surface area contributed by atoms with Gasteiger partial charge in [-0.3, -0.25) is 9.59 Å². The Balaban J connectivity index is 1.92. The Kier molecular flexibility index (Phi) is 7.12. The van der Waals surface area contributed by atoms with Gasteiger partial charge in [0, 0.05) is 23.0 Å². The molecule has 0 amide bonds. The molecule has 0 fully saturated rings. The number of carboxylic acids is 1. The monoisotopic (exact) mass is 409 g/mol. The summed E-state index contributed by atoms with van der Waals surface area (Å²) < 4.78 is 26.9. The minimum absolute atomic E-state index is 0.139. The van der Waals surface area contributed by atoms with Gasteiger partial charge in [0.1, 0.15) is 0 Å². The maximum absolute atomic E-state index is 12.2. The van der Waals surface area contributed by atoms with Gasteiger partial charge >= 0.3 is 5.97 Å². The number of hydrogen-bond donors (Lipinski definition) is 2. The van der Waals surface area contributed by atoms with Gasteiger partial charge < -0.3 is 5.11 Å². The highest BCUT2D eigenvalue weighted by molar-refractivity contribution is 7.89. The van der Waals surface area contributed by atoms with Gasteiger partial charge in [-0.15, -0.1) is 0 Å². The fourth-order valence-corrected chi connectivity index (χ4v) is 3.66. The van der Waals surface area contributed by atoms with Gasteiger partial charge in [-0.2, -0.15) is 0 Å². The summed E-state index contributed by atoms with van der Waals surface area (Å²) >= 11 is 5.76. The molecule has 2 aromatic rings. The van der Waals surface area contributed by atoms with E-state index in [1.807, 2.05) is 0 Å². The van der Waals surface area contributed by atoms with Crippen LogP contribution in [0, 0.1) is 5.92 Å². The van der Waals surface area contributed by atoms with E-state index in [9.17, 15) is 18.0 Å². The van der Waals surface area contributed by atoms with Crippen molar-refractivity contribution in [3.05, 3.63) is 64.7 Å². The molecule has 0 bridgehead atoms. The Morgan fingerprint density at radius 3 is 2.22 bits per heavy atom. The van der Waals surface area contributed by atoms with Crippen molar-refractivity contribution in [2.45, 2.75) is 24.7 Å². The summed E-state index contributed by atoms with van der Waals surface area (Å²) in [5, 5.41) is 9.23. The summed E-state index contributed by atoms with van der Waals surface area (Å²) in [6.07, 6.45) is 0.235. The van der Waals surface area contributed by atoms with Crippen molar-refractivity contribution in [2.75, 3.05) is 6.54 Å². The van der Waals surface area contributed by atoms with Crippen molar-refractivity contribution in [2.24, 2.45) is 5.92 Å². The molecule has 2 N–H and O–H groups in total. The molecule has 2 rings (SSSR count). The topological polar surface area (TPSA) is 101 Å². The summed E-state index contributed by atoms with van der Waals surface area (Å²) in [6.45, 7) is 1.78. The van der Waals surface area contributed by atoms with Gasteiger partial charge in [-0.05, 0) is 36.2 Å². The van der Waals surface area contributed by atoms with Gasteiger partial charge in [-0.1, -0.05) is 42.8 Å². The first-order valence-corrected chi connectivity index (χ1v) is 10.2. The van der Waals surface area contributed by atoms with Crippen LogP contribution in [-0.4, -0.2) is 31.8 Å². The van der Waals surface area contributed by atoms with Crippen LogP contribution >= 0.6 is 11.6 Å². The lowest BCUT2D eigenvalue weighted by atomic mass is 9.95. The molecule has 1 atom stereocenters. The number of aliphatic carboxylic acids is 1. The summed E-state index contributed by atoms with van der Waals surface area (Å²) in [6, 6.07) is 12.6. The first-order valence-electron chi connectivity index (χ1n) is 8.29. The predicted molar refractivity (Wildman–Crippen MR) is 103 cm³/mol. The van der Waals surface area contributed by atoms with Crippen LogP contribution < -0.4 is 4.72 Å². The normalized spacial score (nSPS) is 12.5. The highest BCUT2D eigenvalue weighted by atomic mass is 35.5. The quantitative estimate of drug-likeness (QED) is 0.619. The molecule has 0 aliphatic rings. The standard InChI is InChI=1S/C19H20ClNO5S/c1-13(12-18(22)23)19(24)15-4-2-14(3-5-15)10-11-21-27(25,26)17-8-6-16(20)7-9-17/h2-9,13,21H,10-12H2,1H3,(H,22,23). The van der Waals surface area contributed by atoms with E-state index in [0.29, 0.717) is 17.0 Å². The molecule has 0 aliphatic heterocycles. The number of Topliss-reactive ketones (excluding diaryl/α,β-unsaturated/α-hetero) is 1. The number of halogens is 1. The number of carbonyl (C=O) groups is 2. The van der Waals surface area contributed by atoms with Crippen molar-refractivity contribution in [3.8, 4) is 0 Å². The van der Waals surface area contributed by atoms with Gasteiger partial charge in [0.25, 0.3) is 0 Å². The van der Waals surface area contributed by atoms with Crippen LogP contribution in [0.15, 0.2) is 53.4 Å². The Bertz CT molecular complexity index is 908. The molecule has 27 heavy (non-hydrogen) atoms. The van der Waals surface area contributed by atoms with Crippen LogP contribution in [-0.2, 0) is 21.2 Å². The number of hydrogen-bond acceptors (Lipinski definition) is 4.